The Morgan fingerprint density at radius 2 is 2.10 bits per heavy atom. The first-order chi connectivity index (χ1) is 10.2. The molecular formula is C18H26N2O. The van der Waals surface area contributed by atoms with E-state index in [2.05, 4.69) is 25.2 Å². The van der Waals surface area contributed by atoms with Crippen LogP contribution in [0.1, 0.15) is 50.7 Å². The van der Waals surface area contributed by atoms with Gasteiger partial charge in [-0.1, -0.05) is 26.7 Å². The molecule has 0 aliphatic heterocycles. The number of nitrogens with one attached hydrogen (secondary N) is 1. The maximum Gasteiger partial charge on any atom is 0.123 e. The van der Waals surface area contributed by atoms with Crippen molar-refractivity contribution in [2.45, 2.75) is 52.1 Å². The van der Waals surface area contributed by atoms with Gasteiger partial charge in [0.25, 0.3) is 0 Å². The predicted molar refractivity (Wildman–Crippen MR) is 85.1 cm³/mol. The number of nitrogens with zero attached hydrogens (tertiary/aromatic N) is 1. The normalized spacial score (nSPS) is 22.0. The lowest BCUT2D eigenvalue weighted by Crippen LogP contribution is -2.40. The first-order valence-electron chi connectivity index (χ1n) is 7.96. The predicted octanol–water partition coefficient (Wildman–Crippen LogP) is 3.87. The number of benzene rings is 1. The molecule has 1 N–H and O–H groups in total. The summed E-state index contributed by atoms with van der Waals surface area (Å²) in [7, 11) is 1.68. The van der Waals surface area contributed by atoms with Crippen LogP contribution in [-0.4, -0.2) is 13.2 Å². The Morgan fingerprint density at radius 3 is 2.76 bits per heavy atom. The van der Waals surface area contributed by atoms with Crippen LogP contribution in [0.25, 0.3) is 0 Å². The van der Waals surface area contributed by atoms with E-state index in [0.29, 0.717) is 11.6 Å². The average Bonchev–Trinajstić information content (AvgIpc) is 2.52. The van der Waals surface area contributed by atoms with Gasteiger partial charge in [0, 0.05) is 18.2 Å². The van der Waals surface area contributed by atoms with E-state index in [1.807, 2.05) is 12.1 Å². The van der Waals surface area contributed by atoms with Crippen LogP contribution >= 0.6 is 0 Å². The quantitative estimate of drug-likeness (QED) is 0.893. The van der Waals surface area contributed by atoms with Gasteiger partial charge in [0.05, 0.1) is 18.7 Å². The third-order valence-corrected chi connectivity index (χ3v) is 4.64. The van der Waals surface area contributed by atoms with Gasteiger partial charge in [-0.05, 0) is 42.9 Å². The van der Waals surface area contributed by atoms with E-state index in [1.54, 1.807) is 13.2 Å². The summed E-state index contributed by atoms with van der Waals surface area (Å²) in [6.07, 6.45) is 5.25. The van der Waals surface area contributed by atoms with Gasteiger partial charge in [0.15, 0.2) is 0 Å². The zero-order valence-corrected chi connectivity index (χ0v) is 13.4. The largest absolute Gasteiger partial charge is 0.496 e. The van der Waals surface area contributed by atoms with Gasteiger partial charge in [-0.2, -0.15) is 5.26 Å². The van der Waals surface area contributed by atoms with Crippen molar-refractivity contribution in [1.82, 2.24) is 5.32 Å². The van der Waals surface area contributed by atoms with E-state index in [-0.39, 0.29) is 0 Å². The van der Waals surface area contributed by atoms with Crippen LogP contribution in [0.4, 0.5) is 0 Å². The summed E-state index contributed by atoms with van der Waals surface area (Å²) in [5, 5.41) is 12.8. The molecule has 0 saturated heterocycles. The molecule has 0 amide bonds. The second-order valence-corrected chi connectivity index (χ2v) is 6.32. The fraction of sp³-hybridized carbons (Fsp3) is 0.611. The highest BCUT2D eigenvalue weighted by atomic mass is 16.5. The molecule has 1 aliphatic carbocycles. The first kappa shape index (κ1) is 15.9. The van der Waals surface area contributed by atoms with Gasteiger partial charge in [-0.3, -0.25) is 0 Å². The van der Waals surface area contributed by atoms with Crippen molar-refractivity contribution in [3.8, 4) is 11.8 Å². The fourth-order valence-corrected chi connectivity index (χ4v) is 3.44. The summed E-state index contributed by atoms with van der Waals surface area (Å²) in [5.74, 6) is 2.33. The van der Waals surface area contributed by atoms with Crippen molar-refractivity contribution in [1.29, 1.82) is 5.26 Å². The summed E-state index contributed by atoms with van der Waals surface area (Å²) in [4.78, 5) is 0. The summed E-state index contributed by atoms with van der Waals surface area (Å²) >= 11 is 0. The van der Waals surface area contributed by atoms with Crippen LogP contribution in [-0.2, 0) is 6.54 Å². The molecule has 0 radical (unpaired) electrons. The van der Waals surface area contributed by atoms with E-state index in [1.165, 1.54) is 25.7 Å². The van der Waals surface area contributed by atoms with Crippen molar-refractivity contribution in [3.05, 3.63) is 29.3 Å². The van der Waals surface area contributed by atoms with Crippen LogP contribution < -0.4 is 10.1 Å². The molecule has 0 heterocycles. The molecule has 1 aromatic rings. The Bertz CT molecular complexity index is 504. The van der Waals surface area contributed by atoms with Crippen LogP contribution in [0.5, 0.6) is 5.75 Å². The zero-order valence-electron chi connectivity index (χ0n) is 13.4. The summed E-state index contributed by atoms with van der Waals surface area (Å²) in [6.45, 7) is 5.41. The molecule has 1 saturated carbocycles. The molecule has 1 fully saturated rings. The summed E-state index contributed by atoms with van der Waals surface area (Å²) in [5.41, 5.74) is 1.77. The molecule has 3 nitrogen and oxygen atoms in total. The Morgan fingerprint density at radius 1 is 1.33 bits per heavy atom. The van der Waals surface area contributed by atoms with Crippen LogP contribution in [0, 0.1) is 23.2 Å². The molecule has 1 aromatic carbocycles. The third-order valence-electron chi connectivity index (χ3n) is 4.64. The van der Waals surface area contributed by atoms with Gasteiger partial charge in [-0.25, -0.2) is 0 Å². The highest BCUT2D eigenvalue weighted by Crippen LogP contribution is 2.30. The van der Waals surface area contributed by atoms with Crippen molar-refractivity contribution in [2.75, 3.05) is 7.11 Å². The molecule has 0 aromatic heterocycles. The molecule has 3 heteroatoms. The second kappa shape index (κ2) is 7.47. The fourth-order valence-electron chi connectivity index (χ4n) is 3.44. The van der Waals surface area contributed by atoms with E-state index in [9.17, 15) is 0 Å². The van der Waals surface area contributed by atoms with Gasteiger partial charge in [0.1, 0.15) is 5.75 Å². The SMILES string of the molecule is COc1ccc(C#N)cc1CNC1CCCCC1C(C)C. The molecule has 21 heavy (non-hydrogen) atoms. The molecule has 0 bridgehead atoms. The minimum absolute atomic E-state index is 0.578. The Kier molecular flexibility index (Phi) is 5.64. The van der Waals surface area contributed by atoms with Crippen molar-refractivity contribution in [3.63, 3.8) is 0 Å². The Hall–Kier alpha value is -1.53. The lowest BCUT2D eigenvalue weighted by Gasteiger charge is -2.35. The zero-order chi connectivity index (χ0) is 15.2. The number of hydrogen-bond acceptors (Lipinski definition) is 3. The molecule has 114 valence electrons. The highest BCUT2D eigenvalue weighted by molar-refractivity contribution is 5.42. The average molecular weight is 286 g/mol. The van der Waals surface area contributed by atoms with E-state index in [0.717, 1.165) is 29.7 Å². The van der Waals surface area contributed by atoms with Crippen molar-refractivity contribution < 1.29 is 4.74 Å². The molecule has 2 rings (SSSR count). The standard InChI is InChI=1S/C18H26N2O/c1-13(2)16-6-4-5-7-17(16)20-12-15-10-14(11-19)8-9-18(15)21-3/h8-10,13,16-17,20H,4-7,12H2,1-3H3. The maximum absolute atomic E-state index is 9.05. The smallest absolute Gasteiger partial charge is 0.123 e. The Balaban J connectivity index is 2.06. The van der Waals surface area contributed by atoms with E-state index >= 15 is 0 Å². The number of nitriles is 1. The molecule has 2 atom stereocenters. The molecule has 2 unspecified atom stereocenters. The monoisotopic (exact) mass is 286 g/mol. The van der Waals surface area contributed by atoms with Crippen LogP contribution in [0.15, 0.2) is 18.2 Å². The minimum Gasteiger partial charge on any atom is -0.496 e. The number of methoxy groups -OCH3 is 1. The lowest BCUT2D eigenvalue weighted by molar-refractivity contribution is 0.204. The second-order valence-electron chi connectivity index (χ2n) is 6.32. The van der Waals surface area contributed by atoms with Gasteiger partial charge in [0.2, 0.25) is 0 Å². The topological polar surface area (TPSA) is 45.0 Å². The molecule has 0 spiro atoms. The number of rotatable bonds is 5. The Labute approximate surface area is 128 Å². The molecular weight excluding hydrogens is 260 g/mol. The molecule has 1 aliphatic rings. The summed E-state index contributed by atoms with van der Waals surface area (Å²) < 4.78 is 5.41. The van der Waals surface area contributed by atoms with Crippen molar-refractivity contribution in [2.24, 2.45) is 11.8 Å². The van der Waals surface area contributed by atoms with Crippen LogP contribution in [0.3, 0.4) is 0 Å². The van der Waals surface area contributed by atoms with Gasteiger partial charge >= 0.3 is 0 Å². The number of hydrogen-bond donors (Lipinski definition) is 1. The third kappa shape index (κ3) is 3.98. The highest BCUT2D eigenvalue weighted by Gasteiger charge is 2.27. The minimum atomic E-state index is 0.578. The van der Waals surface area contributed by atoms with Gasteiger partial charge < -0.3 is 10.1 Å². The van der Waals surface area contributed by atoms with Crippen LogP contribution in [0.2, 0.25) is 0 Å². The van der Waals surface area contributed by atoms with E-state index < -0.39 is 0 Å². The van der Waals surface area contributed by atoms with E-state index in [4.69, 9.17) is 10.00 Å². The first-order valence-corrected chi connectivity index (χ1v) is 7.96. The summed E-state index contributed by atoms with van der Waals surface area (Å²) in [6, 6.07) is 8.40. The maximum atomic E-state index is 9.05. The lowest BCUT2D eigenvalue weighted by atomic mass is 9.78. The van der Waals surface area contributed by atoms with Gasteiger partial charge in [-0.15, -0.1) is 0 Å². The van der Waals surface area contributed by atoms with Crippen molar-refractivity contribution >= 4 is 0 Å². The number of ether oxygens (including phenoxy) is 1.